The molecule has 0 amide bonds. The zero-order chi connectivity index (χ0) is 13.7. The summed E-state index contributed by atoms with van der Waals surface area (Å²) < 4.78 is 31.1. The fourth-order valence-electron chi connectivity index (χ4n) is 1.56. The lowest BCUT2D eigenvalue weighted by molar-refractivity contribution is 0.298. The molecule has 3 nitrogen and oxygen atoms in total. The van der Waals surface area contributed by atoms with Crippen LogP contribution < -0.4 is 10.1 Å². The van der Waals surface area contributed by atoms with Gasteiger partial charge >= 0.3 is 0 Å². The lowest BCUT2D eigenvalue weighted by atomic mass is 10.3. The average molecular weight is 264 g/mol. The van der Waals surface area contributed by atoms with Crippen molar-refractivity contribution in [3.63, 3.8) is 0 Å². The Balaban J connectivity index is 2.01. The van der Waals surface area contributed by atoms with Crippen molar-refractivity contribution in [3.8, 4) is 5.75 Å². The first-order valence-electron chi connectivity index (χ1n) is 5.96. The number of nitrogens with zero attached hydrogens (tertiary/aromatic N) is 1. The number of anilines is 1. The third kappa shape index (κ3) is 3.64. The van der Waals surface area contributed by atoms with Gasteiger partial charge < -0.3 is 10.1 Å². The van der Waals surface area contributed by atoms with Crippen molar-refractivity contribution in [2.45, 2.75) is 13.5 Å². The summed E-state index contributed by atoms with van der Waals surface area (Å²) in [6.45, 7) is 2.96. The Kier molecular flexibility index (Phi) is 4.28. The molecule has 1 heterocycles. The van der Waals surface area contributed by atoms with Gasteiger partial charge in [-0.05, 0) is 31.2 Å². The molecule has 0 aliphatic heterocycles. The van der Waals surface area contributed by atoms with Crippen LogP contribution in [0.5, 0.6) is 5.75 Å². The Labute approximate surface area is 110 Å². The first-order valence-corrected chi connectivity index (χ1v) is 5.96. The van der Waals surface area contributed by atoms with Crippen LogP contribution in [0, 0.1) is 11.6 Å². The Bertz CT molecular complexity index is 561. The second-order valence-electron chi connectivity index (χ2n) is 3.91. The van der Waals surface area contributed by atoms with E-state index in [1.807, 2.05) is 19.1 Å². The summed E-state index contributed by atoms with van der Waals surface area (Å²) in [6.07, 6.45) is 0. The van der Waals surface area contributed by atoms with Gasteiger partial charge in [0.1, 0.15) is 18.2 Å². The number of ether oxygens (including phenoxy) is 1. The summed E-state index contributed by atoms with van der Waals surface area (Å²) in [5.74, 6) is -0.782. The van der Waals surface area contributed by atoms with E-state index in [0.29, 0.717) is 5.69 Å². The highest BCUT2D eigenvalue weighted by Crippen LogP contribution is 2.16. The fraction of sp³-hybridized carbons (Fsp3) is 0.214. The third-order valence-electron chi connectivity index (χ3n) is 2.44. The quantitative estimate of drug-likeness (QED) is 0.899. The minimum Gasteiger partial charge on any atom is -0.487 e. The smallest absolute Gasteiger partial charge is 0.162 e. The molecule has 0 aliphatic carbocycles. The van der Waals surface area contributed by atoms with E-state index in [1.54, 1.807) is 6.07 Å². The normalized spacial score (nSPS) is 10.3. The van der Waals surface area contributed by atoms with Gasteiger partial charge in [-0.15, -0.1) is 0 Å². The lowest BCUT2D eigenvalue weighted by Crippen LogP contribution is -2.03. The van der Waals surface area contributed by atoms with E-state index in [-0.39, 0.29) is 12.4 Å². The van der Waals surface area contributed by atoms with E-state index in [1.165, 1.54) is 6.07 Å². The number of pyridine rings is 1. The second kappa shape index (κ2) is 6.13. The van der Waals surface area contributed by atoms with Crippen molar-refractivity contribution in [1.82, 2.24) is 4.98 Å². The Morgan fingerprint density at radius 3 is 2.74 bits per heavy atom. The van der Waals surface area contributed by atoms with E-state index in [9.17, 15) is 8.78 Å². The number of nitrogens with one attached hydrogen (secondary N) is 1. The number of aromatic nitrogens is 1. The lowest BCUT2D eigenvalue weighted by Gasteiger charge is -2.08. The van der Waals surface area contributed by atoms with Gasteiger partial charge in [0.15, 0.2) is 11.6 Å². The highest BCUT2D eigenvalue weighted by molar-refractivity contribution is 5.35. The first-order chi connectivity index (χ1) is 9.19. The van der Waals surface area contributed by atoms with Gasteiger partial charge in [-0.25, -0.2) is 13.8 Å². The molecule has 0 bridgehead atoms. The van der Waals surface area contributed by atoms with Crippen LogP contribution in [0.4, 0.5) is 14.6 Å². The molecule has 0 spiro atoms. The van der Waals surface area contributed by atoms with Crippen molar-refractivity contribution in [1.29, 1.82) is 0 Å². The molecule has 1 aromatic heterocycles. The van der Waals surface area contributed by atoms with Gasteiger partial charge in [0.25, 0.3) is 0 Å². The fourth-order valence-corrected chi connectivity index (χ4v) is 1.56. The topological polar surface area (TPSA) is 34.1 Å². The van der Waals surface area contributed by atoms with Crippen molar-refractivity contribution >= 4 is 5.82 Å². The molecule has 0 fully saturated rings. The van der Waals surface area contributed by atoms with Crippen LogP contribution in [0.2, 0.25) is 0 Å². The van der Waals surface area contributed by atoms with Crippen molar-refractivity contribution in [3.05, 3.63) is 53.7 Å². The maximum Gasteiger partial charge on any atom is 0.162 e. The molecule has 2 aromatic rings. The maximum atomic E-state index is 13.0. The summed E-state index contributed by atoms with van der Waals surface area (Å²) in [7, 11) is 0. The Morgan fingerprint density at radius 1 is 1.16 bits per heavy atom. The zero-order valence-corrected chi connectivity index (χ0v) is 10.5. The van der Waals surface area contributed by atoms with E-state index >= 15 is 0 Å². The molecule has 2 rings (SSSR count). The number of hydrogen-bond acceptors (Lipinski definition) is 3. The summed E-state index contributed by atoms with van der Waals surface area (Å²) in [4.78, 5) is 4.31. The van der Waals surface area contributed by atoms with Crippen molar-refractivity contribution < 1.29 is 13.5 Å². The first kappa shape index (κ1) is 13.3. The molecule has 0 atom stereocenters. The average Bonchev–Trinajstić information content (AvgIpc) is 2.41. The van der Waals surface area contributed by atoms with Crippen LogP contribution in [0.3, 0.4) is 0 Å². The van der Waals surface area contributed by atoms with E-state index in [2.05, 4.69) is 10.3 Å². The second-order valence-corrected chi connectivity index (χ2v) is 3.91. The van der Waals surface area contributed by atoms with Crippen LogP contribution in [0.1, 0.15) is 12.6 Å². The van der Waals surface area contributed by atoms with Crippen LogP contribution in [0.15, 0.2) is 36.4 Å². The molecular weight excluding hydrogens is 250 g/mol. The molecule has 0 saturated carbocycles. The molecule has 1 N–H and O–H groups in total. The van der Waals surface area contributed by atoms with Gasteiger partial charge in [0.05, 0.1) is 5.69 Å². The largest absolute Gasteiger partial charge is 0.487 e. The van der Waals surface area contributed by atoms with E-state index in [0.717, 1.165) is 24.5 Å². The number of rotatable bonds is 5. The number of hydrogen-bond donors (Lipinski definition) is 1. The molecule has 1 aromatic carbocycles. The van der Waals surface area contributed by atoms with Gasteiger partial charge in [-0.1, -0.05) is 6.07 Å². The summed E-state index contributed by atoms with van der Waals surface area (Å²) in [5.41, 5.74) is 0.711. The van der Waals surface area contributed by atoms with Crippen LogP contribution in [-0.4, -0.2) is 11.5 Å². The van der Waals surface area contributed by atoms with Gasteiger partial charge in [0, 0.05) is 12.6 Å². The van der Waals surface area contributed by atoms with Crippen LogP contribution in [0.25, 0.3) is 0 Å². The highest BCUT2D eigenvalue weighted by Gasteiger charge is 2.04. The maximum absolute atomic E-state index is 13.0. The Hall–Kier alpha value is -2.17. The van der Waals surface area contributed by atoms with Crippen molar-refractivity contribution in [2.24, 2.45) is 0 Å². The number of halogens is 2. The molecule has 5 heteroatoms. The van der Waals surface area contributed by atoms with Gasteiger partial charge in [0.2, 0.25) is 0 Å². The molecule has 0 aliphatic rings. The van der Waals surface area contributed by atoms with Gasteiger partial charge in [-0.3, -0.25) is 0 Å². The number of benzene rings is 1. The van der Waals surface area contributed by atoms with Gasteiger partial charge in [-0.2, -0.15) is 0 Å². The molecular formula is C14H14F2N2O. The third-order valence-corrected chi connectivity index (χ3v) is 2.44. The molecule has 0 saturated heterocycles. The molecule has 100 valence electrons. The van der Waals surface area contributed by atoms with E-state index < -0.39 is 11.6 Å². The monoisotopic (exact) mass is 264 g/mol. The van der Waals surface area contributed by atoms with E-state index in [4.69, 9.17) is 4.74 Å². The van der Waals surface area contributed by atoms with Crippen molar-refractivity contribution in [2.75, 3.05) is 11.9 Å². The minimum absolute atomic E-state index is 0.199. The minimum atomic E-state index is -0.924. The summed E-state index contributed by atoms with van der Waals surface area (Å²) in [5, 5.41) is 3.09. The summed E-state index contributed by atoms with van der Waals surface area (Å²) >= 11 is 0. The molecule has 19 heavy (non-hydrogen) atoms. The molecule has 0 radical (unpaired) electrons. The van der Waals surface area contributed by atoms with Crippen LogP contribution >= 0.6 is 0 Å². The standard InChI is InChI=1S/C14H14F2N2O/c1-2-17-14-5-3-4-10(18-14)9-19-11-6-7-12(15)13(16)8-11/h3-8H,2,9H2,1H3,(H,17,18). The predicted molar refractivity (Wildman–Crippen MR) is 69.1 cm³/mol. The SMILES string of the molecule is CCNc1cccc(COc2ccc(F)c(F)c2)n1. The van der Waals surface area contributed by atoms with Crippen LogP contribution in [-0.2, 0) is 6.61 Å². The summed E-state index contributed by atoms with van der Waals surface area (Å²) in [6, 6.07) is 8.95. The molecule has 0 unspecified atom stereocenters. The Morgan fingerprint density at radius 2 is 2.00 bits per heavy atom. The zero-order valence-electron chi connectivity index (χ0n) is 10.5. The predicted octanol–water partition coefficient (Wildman–Crippen LogP) is 3.37. The highest BCUT2D eigenvalue weighted by atomic mass is 19.2.